The Morgan fingerprint density at radius 2 is 2.08 bits per heavy atom. The molecule has 0 spiro atoms. The number of hydrogen-bond acceptors (Lipinski definition) is 2. The molecule has 72 valence electrons. The van der Waals surface area contributed by atoms with Crippen LogP contribution in [0.15, 0.2) is 0 Å². The molecular weight excluding hydrogens is 166 g/mol. The molecule has 1 atom stereocenters. The van der Waals surface area contributed by atoms with Gasteiger partial charge in [-0.15, -0.1) is 0 Å². The van der Waals surface area contributed by atoms with Crippen LogP contribution in [-0.4, -0.2) is 43.9 Å². The van der Waals surface area contributed by atoms with Crippen molar-refractivity contribution in [3.63, 3.8) is 0 Å². The molecule has 0 aromatic carbocycles. The first-order chi connectivity index (χ1) is 5.51. The highest BCUT2D eigenvalue weighted by atomic mass is 28.3. The lowest BCUT2D eigenvalue weighted by Crippen LogP contribution is -2.39. The van der Waals surface area contributed by atoms with Crippen molar-refractivity contribution in [2.45, 2.75) is 26.1 Å². The summed E-state index contributed by atoms with van der Waals surface area (Å²) < 4.78 is 0. The van der Waals surface area contributed by atoms with E-state index in [1.54, 1.807) is 0 Å². The second kappa shape index (κ2) is 3.90. The quantitative estimate of drug-likeness (QED) is 0.671. The number of nitrogens with zero attached hydrogens (tertiary/aromatic N) is 1. The number of hydrogen-bond donors (Lipinski definition) is 1. The lowest BCUT2D eigenvalue weighted by Gasteiger charge is -2.24. The van der Waals surface area contributed by atoms with Crippen molar-refractivity contribution >= 4 is 8.07 Å². The highest BCUT2D eigenvalue weighted by Gasteiger charge is 2.25. The van der Waals surface area contributed by atoms with Gasteiger partial charge in [-0.2, -0.15) is 0 Å². The Morgan fingerprint density at radius 3 is 2.50 bits per heavy atom. The van der Waals surface area contributed by atoms with Crippen LogP contribution in [0, 0.1) is 5.92 Å². The topological polar surface area (TPSA) is 23.5 Å². The van der Waals surface area contributed by atoms with Crippen LogP contribution in [0.4, 0.5) is 0 Å². The zero-order valence-electron chi connectivity index (χ0n) is 8.51. The molecule has 0 radical (unpaired) electrons. The van der Waals surface area contributed by atoms with Crippen LogP contribution in [0.25, 0.3) is 0 Å². The first-order valence-corrected chi connectivity index (χ1v) is 8.55. The minimum Gasteiger partial charge on any atom is -0.396 e. The zero-order valence-corrected chi connectivity index (χ0v) is 9.51. The number of likely N-dealkylation sites (tertiary alicyclic amines) is 1. The summed E-state index contributed by atoms with van der Waals surface area (Å²) in [6, 6.07) is 0. The van der Waals surface area contributed by atoms with Crippen LogP contribution in [-0.2, 0) is 0 Å². The summed E-state index contributed by atoms with van der Waals surface area (Å²) >= 11 is 0. The van der Waals surface area contributed by atoms with E-state index in [0.717, 1.165) is 6.54 Å². The monoisotopic (exact) mass is 187 g/mol. The van der Waals surface area contributed by atoms with Crippen LogP contribution >= 0.6 is 0 Å². The Hall–Kier alpha value is 0.137. The summed E-state index contributed by atoms with van der Waals surface area (Å²) in [4.78, 5) is 2.52. The molecule has 1 fully saturated rings. The van der Waals surface area contributed by atoms with E-state index in [2.05, 4.69) is 24.5 Å². The number of aliphatic hydroxyl groups excluding tert-OH is 1. The van der Waals surface area contributed by atoms with E-state index in [4.69, 9.17) is 5.11 Å². The van der Waals surface area contributed by atoms with Crippen molar-refractivity contribution in [2.75, 3.05) is 25.9 Å². The van der Waals surface area contributed by atoms with Crippen LogP contribution in [0.2, 0.25) is 19.6 Å². The van der Waals surface area contributed by atoms with Gasteiger partial charge in [0.2, 0.25) is 0 Å². The number of rotatable bonds is 3. The molecule has 1 saturated heterocycles. The maximum absolute atomic E-state index is 8.97. The Labute approximate surface area is 76.6 Å². The van der Waals surface area contributed by atoms with Crippen molar-refractivity contribution in [1.82, 2.24) is 4.90 Å². The molecule has 0 aromatic rings. The lowest BCUT2D eigenvalue weighted by atomic mass is 10.1. The molecule has 1 aliphatic heterocycles. The standard InChI is InChI=1S/C9H21NOSi/c1-12(2,3)8-10-5-4-9(6-10)7-11/h9,11H,4-8H2,1-3H3. The van der Waals surface area contributed by atoms with Gasteiger partial charge in [-0.05, 0) is 25.1 Å². The van der Waals surface area contributed by atoms with Gasteiger partial charge in [0.15, 0.2) is 0 Å². The molecule has 2 nitrogen and oxygen atoms in total. The molecule has 0 saturated carbocycles. The molecule has 1 unspecified atom stereocenters. The van der Waals surface area contributed by atoms with Gasteiger partial charge >= 0.3 is 0 Å². The summed E-state index contributed by atoms with van der Waals surface area (Å²) in [6.45, 7) is 9.91. The maximum Gasteiger partial charge on any atom is 0.0599 e. The average molecular weight is 187 g/mol. The predicted octanol–water partition coefficient (Wildman–Crippen LogP) is 1.18. The minimum absolute atomic E-state index is 0.377. The molecule has 1 rings (SSSR count). The van der Waals surface area contributed by atoms with Crippen molar-refractivity contribution in [2.24, 2.45) is 5.92 Å². The van der Waals surface area contributed by atoms with Crippen LogP contribution in [0.3, 0.4) is 0 Å². The molecule has 12 heavy (non-hydrogen) atoms. The minimum atomic E-state index is -0.920. The Kier molecular flexibility index (Phi) is 3.32. The first-order valence-electron chi connectivity index (χ1n) is 4.84. The summed E-state index contributed by atoms with van der Waals surface area (Å²) in [7, 11) is -0.920. The molecule has 0 amide bonds. The zero-order chi connectivity index (χ0) is 9.19. The van der Waals surface area contributed by atoms with Crippen LogP contribution in [0.1, 0.15) is 6.42 Å². The Balaban J connectivity index is 2.28. The van der Waals surface area contributed by atoms with E-state index >= 15 is 0 Å². The van der Waals surface area contributed by atoms with Crippen LogP contribution < -0.4 is 0 Å². The summed E-state index contributed by atoms with van der Waals surface area (Å²) in [5, 5.41) is 8.97. The van der Waals surface area contributed by atoms with E-state index in [1.807, 2.05) is 0 Å². The predicted molar refractivity (Wildman–Crippen MR) is 55.0 cm³/mol. The third kappa shape index (κ3) is 3.25. The molecule has 1 heterocycles. The molecule has 1 N–H and O–H groups in total. The second-order valence-corrected chi connectivity index (χ2v) is 10.6. The van der Waals surface area contributed by atoms with Crippen molar-refractivity contribution < 1.29 is 5.11 Å². The fraction of sp³-hybridized carbons (Fsp3) is 1.00. The molecule has 3 heteroatoms. The van der Waals surface area contributed by atoms with Gasteiger partial charge < -0.3 is 10.0 Å². The highest BCUT2D eigenvalue weighted by Crippen LogP contribution is 2.17. The number of aliphatic hydroxyl groups is 1. The van der Waals surface area contributed by atoms with Gasteiger partial charge in [-0.1, -0.05) is 19.6 Å². The first kappa shape index (κ1) is 10.2. The third-order valence-electron chi connectivity index (χ3n) is 2.33. The molecule has 0 aliphatic carbocycles. The van der Waals surface area contributed by atoms with Crippen molar-refractivity contribution in [3.05, 3.63) is 0 Å². The van der Waals surface area contributed by atoms with Crippen molar-refractivity contribution in [1.29, 1.82) is 0 Å². The third-order valence-corrected chi connectivity index (χ3v) is 3.72. The summed E-state index contributed by atoms with van der Waals surface area (Å²) in [5.74, 6) is 0.557. The van der Waals surface area contributed by atoms with Gasteiger partial charge in [0.05, 0.1) is 8.07 Å². The van der Waals surface area contributed by atoms with E-state index in [0.29, 0.717) is 12.5 Å². The largest absolute Gasteiger partial charge is 0.396 e. The molecule has 0 aromatic heterocycles. The molecular formula is C9H21NOSi. The lowest BCUT2D eigenvalue weighted by molar-refractivity contribution is 0.226. The smallest absolute Gasteiger partial charge is 0.0599 e. The van der Waals surface area contributed by atoms with Gasteiger partial charge in [-0.25, -0.2) is 0 Å². The van der Waals surface area contributed by atoms with E-state index in [-0.39, 0.29) is 0 Å². The maximum atomic E-state index is 8.97. The fourth-order valence-corrected chi connectivity index (χ4v) is 3.51. The SMILES string of the molecule is C[Si](C)(C)CN1CCC(CO)C1. The average Bonchev–Trinajstić information content (AvgIpc) is 2.32. The van der Waals surface area contributed by atoms with Gasteiger partial charge in [-0.3, -0.25) is 0 Å². The van der Waals surface area contributed by atoms with E-state index in [9.17, 15) is 0 Å². The second-order valence-electron chi connectivity index (χ2n) is 5.13. The normalized spacial score (nSPS) is 26.5. The highest BCUT2D eigenvalue weighted by molar-refractivity contribution is 6.76. The van der Waals surface area contributed by atoms with Crippen LogP contribution in [0.5, 0.6) is 0 Å². The van der Waals surface area contributed by atoms with Gasteiger partial charge in [0, 0.05) is 13.2 Å². The van der Waals surface area contributed by atoms with Gasteiger partial charge in [0.25, 0.3) is 0 Å². The Morgan fingerprint density at radius 1 is 1.42 bits per heavy atom. The molecule has 1 aliphatic rings. The van der Waals surface area contributed by atoms with E-state index < -0.39 is 8.07 Å². The molecule has 0 bridgehead atoms. The van der Waals surface area contributed by atoms with Crippen molar-refractivity contribution in [3.8, 4) is 0 Å². The Bertz CT molecular complexity index is 144. The van der Waals surface area contributed by atoms with Gasteiger partial charge in [0.1, 0.15) is 0 Å². The summed E-state index contributed by atoms with van der Waals surface area (Å²) in [5.41, 5.74) is 0. The van der Waals surface area contributed by atoms with E-state index in [1.165, 1.54) is 19.1 Å². The summed E-state index contributed by atoms with van der Waals surface area (Å²) in [6.07, 6.45) is 2.49. The fourth-order valence-electron chi connectivity index (χ4n) is 1.88.